The number of carbonyl (C=O) groups excluding carboxylic acids is 1. The maximum absolute atomic E-state index is 11.5. The van der Waals surface area contributed by atoms with Gasteiger partial charge in [0.1, 0.15) is 5.75 Å². The number of aromatic nitrogens is 2. The average molecular weight is 299 g/mol. The van der Waals surface area contributed by atoms with Gasteiger partial charge in [-0.05, 0) is 24.1 Å². The molecule has 0 saturated carbocycles. The van der Waals surface area contributed by atoms with Gasteiger partial charge in [0.2, 0.25) is 5.91 Å². The maximum atomic E-state index is 11.5. The summed E-state index contributed by atoms with van der Waals surface area (Å²) in [5.74, 6) is 0.879. The van der Waals surface area contributed by atoms with Gasteiger partial charge < -0.3 is 10.1 Å². The molecule has 0 saturated heterocycles. The topological polar surface area (TPSA) is 56.2 Å². The number of nitrogens with one attached hydrogen (secondary N) is 1. The minimum absolute atomic E-state index is 0.0439. The zero-order valence-corrected chi connectivity index (χ0v) is 12.8. The maximum Gasteiger partial charge on any atom is 0.220 e. The summed E-state index contributed by atoms with van der Waals surface area (Å²) in [5, 5.41) is 7.09. The number of benzene rings is 1. The van der Waals surface area contributed by atoms with E-state index in [0.717, 1.165) is 29.8 Å². The summed E-state index contributed by atoms with van der Waals surface area (Å²) < 4.78 is 7.01. The molecule has 1 aromatic heterocycles. The molecule has 1 heterocycles. The van der Waals surface area contributed by atoms with Crippen LogP contribution >= 0.6 is 0 Å². The first-order valence-corrected chi connectivity index (χ1v) is 7.27. The fourth-order valence-electron chi connectivity index (χ4n) is 2.09. The number of hydrogen-bond donors (Lipinski definition) is 1. The minimum Gasteiger partial charge on any atom is -0.497 e. The Hall–Kier alpha value is -2.56. The van der Waals surface area contributed by atoms with Crippen molar-refractivity contribution in [1.29, 1.82) is 0 Å². The van der Waals surface area contributed by atoms with Gasteiger partial charge in [0, 0.05) is 31.3 Å². The number of nitrogens with zero attached hydrogens (tertiary/aromatic N) is 2. The van der Waals surface area contributed by atoms with E-state index in [1.165, 1.54) is 0 Å². The quantitative estimate of drug-likeness (QED) is 0.762. The van der Waals surface area contributed by atoms with Crippen LogP contribution in [0.15, 0.2) is 49.3 Å². The van der Waals surface area contributed by atoms with Crippen LogP contribution in [0.1, 0.15) is 12.8 Å². The van der Waals surface area contributed by atoms with Crippen molar-refractivity contribution in [3.8, 4) is 16.9 Å². The standard InChI is InChI=1S/C17H21N3O2/c1-3-10-18-17(21)5-4-11-20-13-15(12-19-20)14-6-8-16(22-2)9-7-14/h3,6-9,12-13H,1,4-5,10-11H2,2H3,(H,18,21). The Morgan fingerprint density at radius 3 is 2.82 bits per heavy atom. The number of hydrogen-bond acceptors (Lipinski definition) is 3. The van der Waals surface area contributed by atoms with Crippen LogP contribution in [-0.2, 0) is 11.3 Å². The van der Waals surface area contributed by atoms with Crippen molar-refractivity contribution in [2.75, 3.05) is 13.7 Å². The van der Waals surface area contributed by atoms with Gasteiger partial charge in [-0.25, -0.2) is 0 Å². The zero-order chi connectivity index (χ0) is 15.8. The fourth-order valence-corrected chi connectivity index (χ4v) is 2.09. The molecule has 0 fully saturated rings. The molecule has 2 aromatic rings. The lowest BCUT2D eigenvalue weighted by molar-refractivity contribution is -0.121. The molecule has 2 rings (SSSR count). The normalized spacial score (nSPS) is 10.2. The van der Waals surface area contributed by atoms with Gasteiger partial charge in [0.15, 0.2) is 0 Å². The van der Waals surface area contributed by atoms with E-state index in [-0.39, 0.29) is 5.91 Å². The highest BCUT2D eigenvalue weighted by Crippen LogP contribution is 2.21. The lowest BCUT2D eigenvalue weighted by Crippen LogP contribution is -2.23. The largest absolute Gasteiger partial charge is 0.497 e. The molecule has 1 N–H and O–H groups in total. The molecule has 1 aromatic carbocycles. The third-order valence-corrected chi connectivity index (χ3v) is 3.29. The van der Waals surface area contributed by atoms with Crippen LogP contribution in [-0.4, -0.2) is 29.3 Å². The molecule has 0 bridgehead atoms. The second-order valence-corrected chi connectivity index (χ2v) is 4.92. The van der Waals surface area contributed by atoms with Crippen molar-refractivity contribution in [3.05, 3.63) is 49.3 Å². The molecule has 0 spiro atoms. The Morgan fingerprint density at radius 1 is 1.36 bits per heavy atom. The molecule has 1 amide bonds. The highest BCUT2D eigenvalue weighted by molar-refractivity contribution is 5.75. The monoisotopic (exact) mass is 299 g/mol. The van der Waals surface area contributed by atoms with E-state index in [4.69, 9.17) is 4.74 Å². The van der Waals surface area contributed by atoms with Gasteiger partial charge in [-0.3, -0.25) is 9.48 Å². The molecule has 0 aliphatic carbocycles. The van der Waals surface area contributed by atoms with Crippen LogP contribution in [0, 0.1) is 0 Å². The summed E-state index contributed by atoms with van der Waals surface area (Å²) in [7, 11) is 1.65. The van der Waals surface area contributed by atoms with Gasteiger partial charge in [-0.15, -0.1) is 6.58 Å². The number of amides is 1. The Balaban J connectivity index is 1.85. The lowest BCUT2D eigenvalue weighted by Gasteiger charge is -2.03. The van der Waals surface area contributed by atoms with Crippen molar-refractivity contribution in [2.24, 2.45) is 0 Å². The third kappa shape index (κ3) is 4.48. The third-order valence-electron chi connectivity index (χ3n) is 3.29. The molecule has 5 nitrogen and oxygen atoms in total. The molecule has 116 valence electrons. The van der Waals surface area contributed by atoms with Gasteiger partial charge in [0.25, 0.3) is 0 Å². The summed E-state index contributed by atoms with van der Waals surface area (Å²) in [5.41, 5.74) is 2.15. The first kappa shape index (κ1) is 15.8. The van der Waals surface area contributed by atoms with Gasteiger partial charge in [-0.1, -0.05) is 18.2 Å². The number of methoxy groups -OCH3 is 1. The second kappa shape index (κ2) is 8.02. The molecule has 0 atom stereocenters. The van der Waals surface area contributed by atoms with E-state index in [1.54, 1.807) is 13.2 Å². The van der Waals surface area contributed by atoms with E-state index in [2.05, 4.69) is 17.0 Å². The lowest BCUT2D eigenvalue weighted by atomic mass is 10.1. The Kier molecular flexibility index (Phi) is 5.77. The average Bonchev–Trinajstić information content (AvgIpc) is 3.02. The van der Waals surface area contributed by atoms with Crippen molar-refractivity contribution in [1.82, 2.24) is 15.1 Å². The number of aryl methyl sites for hydroxylation is 1. The Labute approximate surface area is 130 Å². The molecule has 0 radical (unpaired) electrons. The number of ether oxygens (including phenoxy) is 1. The predicted octanol–water partition coefficient (Wildman–Crippen LogP) is 2.64. The number of carbonyl (C=O) groups is 1. The van der Waals surface area contributed by atoms with Crippen LogP contribution in [0.4, 0.5) is 0 Å². The highest BCUT2D eigenvalue weighted by atomic mass is 16.5. The zero-order valence-electron chi connectivity index (χ0n) is 12.8. The van der Waals surface area contributed by atoms with Crippen LogP contribution in [0.5, 0.6) is 5.75 Å². The van der Waals surface area contributed by atoms with Crippen molar-refractivity contribution < 1.29 is 9.53 Å². The van der Waals surface area contributed by atoms with Crippen molar-refractivity contribution >= 4 is 5.91 Å². The Morgan fingerprint density at radius 2 is 2.14 bits per heavy atom. The van der Waals surface area contributed by atoms with Gasteiger partial charge in [0.05, 0.1) is 13.3 Å². The molecule has 0 aliphatic rings. The number of rotatable bonds is 8. The van der Waals surface area contributed by atoms with Crippen LogP contribution in [0.25, 0.3) is 11.1 Å². The van der Waals surface area contributed by atoms with E-state index in [1.807, 2.05) is 41.3 Å². The smallest absolute Gasteiger partial charge is 0.220 e. The minimum atomic E-state index is 0.0439. The fraction of sp³-hybridized carbons (Fsp3) is 0.294. The molecule has 0 aliphatic heterocycles. The highest BCUT2D eigenvalue weighted by Gasteiger charge is 2.04. The van der Waals surface area contributed by atoms with E-state index >= 15 is 0 Å². The van der Waals surface area contributed by atoms with Crippen LogP contribution in [0.3, 0.4) is 0 Å². The van der Waals surface area contributed by atoms with E-state index in [9.17, 15) is 4.79 Å². The predicted molar refractivity (Wildman–Crippen MR) is 86.7 cm³/mol. The summed E-state index contributed by atoms with van der Waals surface area (Å²) in [6.45, 7) is 4.80. The van der Waals surface area contributed by atoms with Crippen molar-refractivity contribution in [3.63, 3.8) is 0 Å². The second-order valence-electron chi connectivity index (χ2n) is 4.92. The molecular weight excluding hydrogens is 278 g/mol. The molecule has 0 unspecified atom stereocenters. The first-order valence-electron chi connectivity index (χ1n) is 7.27. The van der Waals surface area contributed by atoms with E-state index < -0.39 is 0 Å². The van der Waals surface area contributed by atoms with Gasteiger partial charge in [-0.2, -0.15) is 5.10 Å². The Bertz CT molecular complexity index is 617. The molecule has 22 heavy (non-hydrogen) atoms. The SMILES string of the molecule is C=CCNC(=O)CCCn1cc(-c2ccc(OC)cc2)cn1. The molecular formula is C17H21N3O2. The van der Waals surface area contributed by atoms with E-state index in [0.29, 0.717) is 13.0 Å². The molecule has 5 heteroatoms. The summed E-state index contributed by atoms with van der Waals surface area (Å²) >= 11 is 0. The first-order chi connectivity index (χ1) is 10.7. The van der Waals surface area contributed by atoms with Gasteiger partial charge >= 0.3 is 0 Å². The van der Waals surface area contributed by atoms with Crippen LogP contribution in [0.2, 0.25) is 0 Å². The summed E-state index contributed by atoms with van der Waals surface area (Å²) in [4.78, 5) is 11.5. The van der Waals surface area contributed by atoms with Crippen LogP contribution < -0.4 is 10.1 Å². The van der Waals surface area contributed by atoms with Crippen molar-refractivity contribution in [2.45, 2.75) is 19.4 Å². The summed E-state index contributed by atoms with van der Waals surface area (Å²) in [6, 6.07) is 7.86. The summed E-state index contributed by atoms with van der Waals surface area (Å²) in [6.07, 6.45) is 6.74.